The number of hydrogen-bond acceptors (Lipinski definition) is 18. The zero-order valence-corrected chi connectivity index (χ0v) is 58.7. The molecule has 0 unspecified atom stereocenters. The first-order valence-electron chi connectivity index (χ1n) is 35.6. The van der Waals surface area contributed by atoms with E-state index < -0.39 is 70.9 Å². The molecule has 4 aliphatic heterocycles. The summed E-state index contributed by atoms with van der Waals surface area (Å²) >= 11 is 0. The molecule has 26 nitrogen and oxygen atoms in total. The summed E-state index contributed by atoms with van der Waals surface area (Å²) in [6, 6.07) is 35.2. The van der Waals surface area contributed by atoms with E-state index in [4.69, 9.17) is 0 Å². The van der Waals surface area contributed by atoms with Gasteiger partial charge in [0.2, 0.25) is 23.6 Å². The second-order valence-corrected chi connectivity index (χ2v) is 25.8. The summed E-state index contributed by atoms with van der Waals surface area (Å²) in [5.74, 6) is -5.54. The molecule has 4 aliphatic rings. The molecule has 26 heteroatoms. The Hall–Kier alpha value is -11.6. The maximum Gasteiger partial charge on any atom is 0.261 e. The second kappa shape index (κ2) is 32.1. The average Bonchev–Trinajstić information content (AvgIpc) is 0.765. The summed E-state index contributed by atoms with van der Waals surface area (Å²) in [6.45, 7) is 10.5. The van der Waals surface area contributed by atoms with Crippen molar-refractivity contribution in [1.29, 1.82) is 0 Å². The number of anilines is 4. The van der Waals surface area contributed by atoms with Crippen LogP contribution in [0.3, 0.4) is 0 Å². The van der Waals surface area contributed by atoms with Gasteiger partial charge < -0.3 is 52.3 Å². The normalized spacial score (nSPS) is 13.9. The predicted octanol–water partition coefficient (Wildman–Crippen LogP) is 7.14. The number of hydrogen-bond donors (Lipinski definition) is 8. The SMILES string of the molecule is CCNc1ccc2c3c(cccc13)C(=O)N(CCNC(=O)CCN(CCC(=O)NCCN1C(=O)c3cccc4c(NCC)ccc(c34)C1=O)CCN(CCC(=O)NCCN1C(=O)c3cccc4c(NCC)ccc(c34)C1=O)CCC(=O)NCCN1C(=O)c3cccc4c(NCC)ccc(c34)C1=O)C2=O. The molecule has 0 radical (unpaired) electrons. The Bertz CT molecular complexity index is 4140. The summed E-state index contributed by atoms with van der Waals surface area (Å²) in [5.41, 5.74) is 6.14. The third-order valence-electron chi connectivity index (χ3n) is 19.4. The van der Waals surface area contributed by atoms with Crippen molar-refractivity contribution in [2.75, 3.05) is 139 Å². The molecular formula is C78H84N14O12. The zero-order chi connectivity index (χ0) is 73.3. The first kappa shape index (κ1) is 72.2. The summed E-state index contributed by atoms with van der Waals surface area (Å²) in [4.78, 5) is 175. The summed E-state index contributed by atoms with van der Waals surface area (Å²) in [6.07, 6.45) is -0.362. The van der Waals surface area contributed by atoms with E-state index in [0.717, 1.165) is 63.9 Å². The van der Waals surface area contributed by atoms with Gasteiger partial charge in [0.05, 0.1) is 0 Å². The Balaban J connectivity index is 0.709. The van der Waals surface area contributed by atoms with E-state index in [1.165, 1.54) is 0 Å². The number of carbonyl (C=O) groups is 12. The van der Waals surface area contributed by atoms with E-state index in [2.05, 4.69) is 42.5 Å². The van der Waals surface area contributed by atoms with Gasteiger partial charge in [0.15, 0.2) is 0 Å². The highest BCUT2D eigenvalue weighted by Crippen LogP contribution is 2.39. The Labute approximate surface area is 600 Å². The average molecular weight is 1410 g/mol. The van der Waals surface area contributed by atoms with Crippen LogP contribution < -0.4 is 42.5 Å². The number of benzene rings is 8. The molecule has 0 aromatic heterocycles. The van der Waals surface area contributed by atoms with Gasteiger partial charge in [0.25, 0.3) is 47.3 Å². The van der Waals surface area contributed by atoms with E-state index in [9.17, 15) is 57.5 Å². The lowest BCUT2D eigenvalue weighted by molar-refractivity contribution is -0.123. The van der Waals surface area contributed by atoms with Crippen LogP contribution in [0.15, 0.2) is 121 Å². The highest BCUT2D eigenvalue weighted by atomic mass is 16.2. The number of nitrogens with zero attached hydrogens (tertiary/aromatic N) is 6. The molecule has 0 aliphatic carbocycles. The van der Waals surface area contributed by atoms with E-state index >= 15 is 0 Å². The van der Waals surface area contributed by atoms with Crippen LogP contribution in [0, 0.1) is 0 Å². The minimum atomic E-state index is -0.487. The van der Waals surface area contributed by atoms with Crippen LogP contribution in [0.4, 0.5) is 22.7 Å². The van der Waals surface area contributed by atoms with Crippen LogP contribution in [0.5, 0.6) is 0 Å². The lowest BCUT2D eigenvalue weighted by atomic mass is 9.93. The van der Waals surface area contributed by atoms with Gasteiger partial charge in [0.1, 0.15) is 0 Å². The molecule has 104 heavy (non-hydrogen) atoms. The van der Waals surface area contributed by atoms with Crippen LogP contribution in [0.1, 0.15) is 136 Å². The Morgan fingerprint density at radius 2 is 0.481 bits per heavy atom. The molecule has 12 rings (SSSR count). The van der Waals surface area contributed by atoms with E-state index in [1.54, 1.807) is 72.8 Å². The molecule has 0 saturated heterocycles. The minimum Gasteiger partial charge on any atom is -0.385 e. The number of imide groups is 4. The molecule has 0 bridgehead atoms. The van der Waals surface area contributed by atoms with Gasteiger partial charge in [-0.25, -0.2) is 0 Å². The van der Waals surface area contributed by atoms with Crippen molar-refractivity contribution >= 4 is 137 Å². The van der Waals surface area contributed by atoms with E-state index in [1.807, 2.05) is 86.0 Å². The van der Waals surface area contributed by atoms with Crippen LogP contribution in [-0.4, -0.2) is 218 Å². The number of nitrogens with one attached hydrogen (secondary N) is 8. The fourth-order valence-electron chi connectivity index (χ4n) is 14.3. The second-order valence-electron chi connectivity index (χ2n) is 25.8. The largest absolute Gasteiger partial charge is 0.385 e. The third-order valence-corrected chi connectivity index (χ3v) is 19.4. The molecule has 8 aromatic carbocycles. The van der Waals surface area contributed by atoms with Crippen molar-refractivity contribution in [1.82, 2.24) is 50.7 Å². The molecule has 8 N–H and O–H groups in total. The van der Waals surface area contributed by atoms with Gasteiger partial charge in [0, 0.05) is 254 Å². The molecule has 12 amide bonds. The van der Waals surface area contributed by atoms with Crippen LogP contribution in [0.2, 0.25) is 0 Å². The summed E-state index contributed by atoms with van der Waals surface area (Å²) < 4.78 is 0. The van der Waals surface area contributed by atoms with Crippen molar-refractivity contribution in [2.24, 2.45) is 0 Å². The summed E-state index contributed by atoms with van der Waals surface area (Å²) in [7, 11) is 0. The van der Waals surface area contributed by atoms with Gasteiger partial charge in [-0.05, 0) is 100 Å². The van der Waals surface area contributed by atoms with Gasteiger partial charge in [-0.1, -0.05) is 48.5 Å². The van der Waals surface area contributed by atoms with Crippen molar-refractivity contribution in [3.8, 4) is 0 Å². The quantitative estimate of drug-likeness (QED) is 0.0183. The molecule has 8 aromatic rings. The highest BCUT2D eigenvalue weighted by Gasteiger charge is 2.38. The first-order valence-corrected chi connectivity index (χ1v) is 35.6. The Morgan fingerprint density at radius 3 is 0.683 bits per heavy atom. The van der Waals surface area contributed by atoms with Gasteiger partial charge in [-0.3, -0.25) is 77.1 Å². The van der Waals surface area contributed by atoms with Gasteiger partial charge in [-0.15, -0.1) is 0 Å². The van der Waals surface area contributed by atoms with Crippen molar-refractivity contribution in [2.45, 2.75) is 53.4 Å². The molecule has 0 fully saturated rings. The molecule has 0 atom stereocenters. The van der Waals surface area contributed by atoms with Crippen molar-refractivity contribution in [3.63, 3.8) is 0 Å². The molecule has 538 valence electrons. The fourth-order valence-corrected chi connectivity index (χ4v) is 14.3. The van der Waals surface area contributed by atoms with Gasteiger partial charge in [-0.2, -0.15) is 0 Å². The maximum absolute atomic E-state index is 13.9. The number of amides is 12. The van der Waals surface area contributed by atoms with Crippen molar-refractivity contribution in [3.05, 3.63) is 166 Å². The standard InChI is InChI=1S/C78H84N14O12/c1-5-79-59-25-21-55-67-47(59)13-9-17-51(67)71(97)89(75(55)101)41-33-83-63(93)29-37-87(38-30-64(94)84-34-42-90-72(98)52-18-10-14-48-60(80-6-2)26-22-56(68(48)52)76(90)102)45-46-88(39-31-65(95)85-35-43-91-73(99)53-19-11-15-49-61(81-7-3)27-23-57(69(49)53)77(91)103)40-32-66(96)86-36-44-92-74(100)54-20-12-16-50-62(82-8-4)28-24-58(70(50)54)78(92)104/h9-28,79-82H,5-8,29-46H2,1-4H3,(H,83,93)(H,84,94)(H,85,95)(H,86,96). The molecular weight excluding hydrogens is 1320 g/mol. The number of rotatable bonds is 35. The molecule has 0 spiro atoms. The lowest BCUT2D eigenvalue weighted by Crippen LogP contribution is -2.46. The summed E-state index contributed by atoms with van der Waals surface area (Å²) in [5, 5.41) is 29.8. The monoisotopic (exact) mass is 1410 g/mol. The van der Waals surface area contributed by atoms with Crippen LogP contribution >= 0.6 is 0 Å². The maximum atomic E-state index is 13.9. The smallest absolute Gasteiger partial charge is 0.261 e. The fraction of sp³-hybridized carbons (Fsp3) is 0.333. The topological polar surface area (TPSA) is 321 Å². The third kappa shape index (κ3) is 14.7. The Morgan fingerprint density at radius 1 is 0.279 bits per heavy atom. The van der Waals surface area contributed by atoms with Crippen molar-refractivity contribution < 1.29 is 57.5 Å². The van der Waals surface area contributed by atoms with Gasteiger partial charge >= 0.3 is 0 Å². The van der Waals surface area contributed by atoms with Crippen LogP contribution in [-0.2, 0) is 19.2 Å². The molecule has 0 saturated carbocycles. The van der Waals surface area contributed by atoms with Crippen LogP contribution in [0.25, 0.3) is 43.1 Å². The molecule has 4 heterocycles. The lowest BCUT2D eigenvalue weighted by Gasteiger charge is -2.29. The first-order chi connectivity index (χ1) is 50.4. The highest BCUT2D eigenvalue weighted by molar-refractivity contribution is 6.30. The Kier molecular flexibility index (Phi) is 22.3. The number of carbonyl (C=O) groups excluding carboxylic acids is 12. The minimum absolute atomic E-state index is 0.0584. The van der Waals surface area contributed by atoms with E-state index in [0.29, 0.717) is 92.2 Å². The van der Waals surface area contributed by atoms with E-state index in [-0.39, 0.29) is 117 Å². The predicted molar refractivity (Wildman–Crippen MR) is 397 cm³/mol. The zero-order valence-electron chi connectivity index (χ0n) is 58.7.